The van der Waals surface area contributed by atoms with Crippen LogP contribution < -0.4 is 4.74 Å². The minimum Gasteiger partial charge on any atom is -0.487 e. The van der Waals surface area contributed by atoms with Gasteiger partial charge in [-0.2, -0.15) is 0 Å². The number of hydrogen-bond acceptors (Lipinski definition) is 6. The first-order valence-corrected chi connectivity index (χ1v) is 13.5. The predicted octanol–water partition coefficient (Wildman–Crippen LogP) is 5.40. The molecule has 1 aliphatic rings. The summed E-state index contributed by atoms with van der Waals surface area (Å²) in [4.78, 5) is 19.6. The molecule has 0 aliphatic carbocycles. The molecule has 39 heavy (non-hydrogen) atoms. The molecule has 2 aromatic carbocycles. The lowest BCUT2D eigenvalue weighted by molar-refractivity contribution is -0.147. The predicted molar refractivity (Wildman–Crippen MR) is 151 cm³/mol. The Hall–Kier alpha value is -3.78. The van der Waals surface area contributed by atoms with E-state index in [9.17, 15) is 9.90 Å². The lowest BCUT2D eigenvalue weighted by Gasteiger charge is -2.33. The zero-order valence-electron chi connectivity index (χ0n) is 23.6. The maximum absolute atomic E-state index is 12.6. The average Bonchev–Trinajstić information content (AvgIpc) is 3.18. The first-order chi connectivity index (χ1) is 18.6. The molecule has 8 heteroatoms. The second-order valence-corrected chi connectivity index (χ2v) is 11.3. The fourth-order valence-corrected chi connectivity index (χ4v) is 5.72. The summed E-state index contributed by atoms with van der Waals surface area (Å²) in [5.41, 5.74) is 6.85. The topological polar surface area (TPSA) is 93.4 Å². The number of rotatable bonds is 7. The number of aromatic nitrogens is 4. The number of carboxylic acid groups (broad SMARTS) is 1. The lowest BCUT2D eigenvalue weighted by Crippen LogP contribution is -2.33. The van der Waals surface area contributed by atoms with Crippen molar-refractivity contribution in [1.29, 1.82) is 0 Å². The fourth-order valence-electron chi connectivity index (χ4n) is 5.72. The van der Waals surface area contributed by atoms with E-state index in [0.29, 0.717) is 6.54 Å². The molecule has 8 nitrogen and oxygen atoms in total. The van der Waals surface area contributed by atoms with Gasteiger partial charge in [0.05, 0.1) is 16.6 Å². The molecule has 0 radical (unpaired) electrons. The Morgan fingerprint density at radius 1 is 1.21 bits per heavy atom. The molecule has 2 atom stereocenters. The Bertz CT molecular complexity index is 1530. The van der Waals surface area contributed by atoms with Crippen LogP contribution in [0.25, 0.3) is 11.0 Å². The summed E-state index contributed by atoms with van der Waals surface area (Å²) in [6.45, 7) is 12.1. The van der Waals surface area contributed by atoms with Crippen LogP contribution in [0.2, 0.25) is 0 Å². The summed E-state index contributed by atoms with van der Waals surface area (Å²) in [6, 6.07) is 14.3. The van der Waals surface area contributed by atoms with Crippen molar-refractivity contribution in [3.05, 3.63) is 82.2 Å². The highest BCUT2D eigenvalue weighted by Gasteiger charge is 2.40. The van der Waals surface area contributed by atoms with Crippen LogP contribution in [0.1, 0.15) is 66.6 Å². The van der Waals surface area contributed by atoms with Gasteiger partial charge in [0.25, 0.3) is 0 Å². The Labute approximate surface area is 229 Å². The Morgan fingerprint density at radius 2 is 2.00 bits per heavy atom. The molecule has 1 N–H and O–H groups in total. The van der Waals surface area contributed by atoms with Crippen molar-refractivity contribution in [2.24, 2.45) is 12.5 Å². The van der Waals surface area contributed by atoms with Crippen molar-refractivity contribution in [1.82, 2.24) is 24.9 Å². The van der Waals surface area contributed by atoms with E-state index >= 15 is 0 Å². The van der Waals surface area contributed by atoms with Crippen LogP contribution in [-0.4, -0.2) is 48.6 Å². The fraction of sp³-hybridized carbons (Fsp3) is 0.419. The van der Waals surface area contributed by atoms with Crippen LogP contribution in [0.4, 0.5) is 0 Å². The Morgan fingerprint density at radius 3 is 2.74 bits per heavy atom. The maximum Gasteiger partial charge on any atom is 0.310 e. The van der Waals surface area contributed by atoms with Crippen molar-refractivity contribution in [3.8, 4) is 5.75 Å². The number of benzene rings is 2. The highest BCUT2D eigenvalue weighted by atomic mass is 16.5. The maximum atomic E-state index is 12.6. The molecule has 0 unspecified atom stereocenters. The van der Waals surface area contributed by atoms with E-state index < -0.39 is 11.4 Å². The average molecular weight is 528 g/mol. The summed E-state index contributed by atoms with van der Waals surface area (Å²) in [5, 5.41) is 18.9. The van der Waals surface area contributed by atoms with E-state index in [-0.39, 0.29) is 12.0 Å². The summed E-state index contributed by atoms with van der Waals surface area (Å²) >= 11 is 0. The molecular weight excluding hydrogens is 490 g/mol. The molecule has 0 spiro atoms. The largest absolute Gasteiger partial charge is 0.487 e. The van der Waals surface area contributed by atoms with E-state index in [1.54, 1.807) is 18.5 Å². The smallest absolute Gasteiger partial charge is 0.310 e. The van der Waals surface area contributed by atoms with Crippen molar-refractivity contribution < 1.29 is 14.6 Å². The van der Waals surface area contributed by atoms with Gasteiger partial charge in [0.2, 0.25) is 0 Å². The third kappa shape index (κ3) is 5.01. The van der Waals surface area contributed by atoms with E-state index in [1.807, 2.05) is 44.4 Å². The molecule has 0 saturated heterocycles. The van der Waals surface area contributed by atoms with Gasteiger partial charge in [0.15, 0.2) is 0 Å². The third-order valence-electron chi connectivity index (χ3n) is 8.20. The summed E-state index contributed by atoms with van der Waals surface area (Å²) in [7, 11) is 1.87. The summed E-state index contributed by atoms with van der Waals surface area (Å²) in [5.74, 6) is -0.360. The number of aryl methyl sites for hydroxylation is 3. The molecule has 0 fully saturated rings. The Balaban J connectivity index is 1.56. The van der Waals surface area contributed by atoms with Gasteiger partial charge >= 0.3 is 5.97 Å². The highest BCUT2D eigenvalue weighted by Crippen LogP contribution is 2.44. The van der Waals surface area contributed by atoms with Gasteiger partial charge in [-0.1, -0.05) is 36.4 Å². The van der Waals surface area contributed by atoms with Crippen LogP contribution in [-0.2, 0) is 24.9 Å². The van der Waals surface area contributed by atoms with Crippen molar-refractivity contribution in [2.75, 3.05) is 6.54 Å². The highest BCUT2D eigenvalue weighted by molar-refractivity contribution is 5.81. The summed E-state index contributed by atoms with van der Waals surface area (Å²) in [6.07, 6.45) is 2.80. The van der Waals surface area contributed by atoms with Crippen LogP contribution in [0.3, 0.4) is 0 Å². The van der Waals surface area contributed by atoms with E-state index in [4.69, 9.17) is 4.74 Å². The molecule has 1 aliphatic heterocycles. The normalized spacial score (nSPS) is 16.9. The minimum absolute atomic E-state index is 0.0824. The van der Waals surface area contributed by atoms with Crippen LogP contribution in [0.15, 0.2) is 48.7 Å². The Kier molecular flexibility index (Phi) is 7.16. The van der Waals surface area contributed by atoms with Crippen molar-refractivity contribution >= 4 is 17.0 Å². The van der Waals surface area contributed by atoms with Crippen LogP contribution >= 0.6 is 0 Å². The number of carbonyl (C=O) groups is 1. The van der Waals surface area contributed by atoms with Gasteiger partial charge in [0, 0.05) is 38.8 Å². The number of pyridine rings is 1. The summed E-state index contributed by atoms with van der Waals surface area (Å²) < 4.78 is 8.01. The molecular formula is C31H37N5O3. The molecule has 0 amide bonds. The quantitative estimate of drug-likeness (QED) is 0.344. The minimum atomic E-state index is -1.06. The zero-order valence-corrected chi connectivity index (χ0v) is 23.6. The van der Waals surface area contributed by atoms with Crippen molar-refractivity contribution in [2.45, 2.75) is 66.2 Å². The first-order valence-electron chi connectivity index (χ1n) is 13.5. The van der Waals surface area contributed by atoms with Gasteiger partial charge in [-0.05, 0) is 80.1 Å². The number of fused-ring (bicyclic) bond motifs is 2. The third-order valence-corrected chi connectivity index (χ3v) is 8.20. The van der Waals surface area contributed by atoms with Gasteiger partial charge in [-0.15, -0.1) is 5.10 Å². The second kappa shape index (κ2) is 10.4. The van der Waals surface area contributed by atoms with E-state index in [2.05, 4.69) is 52.2 Å². The van der Waals surface area contributed by atoms with Crippen LogP contribution in [0, 0.1) is 19.3 Å². The van der Waals surface area contributed by atoms with Gasteiger partial charge < -0.3 is 9.84 Å². The standard InChI is InChI=1S/C31H37N5O3/c1-7-23-17-36(18-25-27(39-23)9-8-14-32-25)16-22-15-21(11-10-19(22)2)28(31(4,5)30(37)38)24-12-13-26-29(20(24)3)33-34-35(26)6/h8-15,23,28H,7,16-18H2,1-6H3,(H,37,38)/t23-,28+/m1/s1. The molecule has 3 heterocycles. The number of ether oxygens (including phenoxy) is 1. The van der Waals surface area contributed by atoms with Gasteiger partial charge in [0.1, 0.15) is 17.4 Å². The number of nitrogens with zero attached hydrogens (tertiary/aromatic N) is 5. The molecule has 2 aromatic heterocycles. The lowest BCUT2D eigenvalue weighted by atomic mass is 9.69. The SMILES string of the molecule is CC[C@@H]1CN(Cc2cc([C@@H](c3ccc4c(nnn4C)c3C)C(C)(C)C(=O)O)ccc2C)Cc2ncccc2O1. The molecule has 204 valence electrons. The van der Waals surface area contributed by atoms with E-state index in [0.717, 1.165) is 58.7 Å². The van der Waals surface area contributed by atoms with Crippen LogP contribution in [0.5, 0.6) is 5.75 Å². The number of aliphatic carboxylic acids is 1. The number of hydrogen-bond donors (Lipinski definition) is 1. The zero-order chi connectivity index (χ0) is 27.9. The molecule has 0 bridgehead atoms. The monoisotopic (exact) mass is 527 g/mol. The molecule has 5 rings (SSSR count). The van der Waals surface area contributed by atoms with Gasteiger partial charge in [-0.3, -0.25) is 14.7 Å². The van der Waals surface area contributed by atoms with E-state index in [1.165, 1.54) is 11.1 Å². The number of carboxylic acids is 1. The second-order valence-electron chi connectivity index (χ2n) is 11.3. The molecule has 4 aromatic rings. The van der Waals surface area contributed by atoms with Crippen molar-refractivity contribution in [3.63, 3.8) is 0 Å². The van der Waals surface area contributed by atoms with Gasteiger partial charge in [-0.25, -0.2) is 4.68 Å². The first kappa shape index (κ1) is 26.8. The molecule has 0 saturated carbocycles.